The van der Waals surface area contributed by atoms with Crippen LogP contribution in [0.15, 0.2) is 48.5 Å². The van der Waals surface area contributed by atoms with Crippen molar-refractivity contribution < 1.29 is 38.1 Å². The Morgan fingerprint density at radius 2 is 1.75 bits per heavy atom. The number of esters is 2. The molecule has 0 aromatic heterocycles. The number of amides is 2. The third-order valence-electron chi connectivity index (χ3n) is 8.88. The minimum absolute atomic E-state index is 0.0981. The van der Waals surface area contributed by atoms with Crippen LogP contribution in [0, 0.1) is 5.92 Å². The molecule has 0 spiro atoms. The monoisotopic (exact) mass is 604 g/mol. The van der Waals surface area contributed by atoms with Crippen LogP contribution in [0.2, 0.25) is 0 Å². The van der Waals surface area contributed by atoms with Crippen molar-refractivity contribution in [3.8, 4) is 5.75 Å². The molecular formula is C34H40N2O8. The van der Waals surface area contributed by atoms with Gasteiger partial charge in [-0.15, -0.1) is 0 Å². The Labute approximate surface area is 257 Å². The molecule has 3 saturated heterocycles. The summed E-state index contributed by atoms with van der Waals surface area (Å²) in [7, 11) is 0. The molecule has 1 aliphatic carbocycles. The molecule has 10 heteroatoms. The lowest BCUT2D eigenvalue weighted by molar-refractivity contribution is -0.139. The summed E-state index contributed by atoms with van der Waals surface area (Å²) in [6.45, 7) is 3.50. The molecule has 6 rings (SSSR count). The summed E-state index contributed by atoms with van der Waals surface area (Å²) in [5, 5.41) is 3.08. The maximum atomic E-state index is 13.0. The van der Waals surface area contributed by atoms with Crippen molar-refractivity contribution in [1.82, 2.24) is 10.2 Å². The van der Waals surface area contributed by atoms with E-state index in [0.717, 1.165) is 12.0 Å². The van der Waals surface area contributed by atoms with E-state index >= 15 is 0 Å². The Morgan fingerprint density at radius 3 is 2.41 bits per heavy atom. The van der Waals surface area contributed by atoms with Crippen molar-refractivity contribution >= 4 is 23.8 Å². The molecular weight excluding hydrogens is 564 g/mol. The minimum Gasteiger partial charge on any atom is -0.484 e. The summed E-state index contributed by atoms with van der Waals surface area (Å²) < 4.78 is 22.7. The predicted molar refractivity (Wildman–Crippen MR) is 159 cm³/mol. The Kier molecular flexibility index (Phi) is 9.16. The highest BCUT2D eigenvalue weighted by Gasteiger charge is 2.36. The number of nitrogens with one attached hydrogen (secondary N) is 1. The molecule has 1 N–H and O–H groups in total. The first kappa shape index (κ1) is 30.1. The number of hydrogen-bond donors (Lipinski definition) is 1. The number of carbonyl (C=O) groups excluding carboxylic acids is 4. The zero-order valence-corrected chi connectivity index (χ0v) is 25.1. The largest absolute Gasteiger partial charge is 0.484 e. The molecule has 4 fully saturated rings. The number of carbonyl (C=O) groups is 4. The van der Waals surface area contributed by atoms with Gasteiger partial charge >= 0.3 is 11.9 Å². The van der Waals surface area contributed by atoms with Gasteiger partial charge in [-0.1, -0.05) is 24.3 Å². The molecule has 0 radical (unpaired) electrons. The second-order valence-electron chi connectivity index (χ2n) is 12.3. The van der Waals surface area contributed by atoms with Crippen LogP contribution in [0.5, 0.6) is 5.75 Å². The third-order valence-corrected chi connectivity index (χ3v) is 8.88. The highest BCUT2D eigenvalue weighted by Crippen LogP contribution is 2.40. The molecule has 2 unspecified atom stereocenters. The van der Waals surface area contributed by atoms with Gasteiger partial charge < -0.3 is 29.2 Å². The molecule has 3 heterocycles. The first-order chi connectivity index (χ1) is 21.3. The zero-order chi connectivity index (χ0) is 30.6. The molecule has 5 atom stereocenters. The molecule has 2 amide bonds. The van der Waals surface area contributed by atoms with E-state index in [4.69, 9.17) is 18.9 Å². The van der Waals surface area contributed by atoms with E-state index in [-0.39, 0.29) is 36.9 Å². The van der Waals surface area contributed by atoms with E-state index in [1.165, 1.54) is 18.4 Å². The summed E-state index contributed by atoms with van der Waals surface area (Å²) in [6.07, 6.45) is 4.17. The van der Waals surface area contributed by atoms with Crippen molar-refractivity contribution in [2.24, 2.45) is 5.92 Å². The fourth-order valence-corrected chi connectivity index (χ4v) is 6.21. The molecule has 2 aromatic carbocycles. The highest BCUT2D eigenvalue weighted by atomic mass is 16.5. The second kappa shape index (κ2) is 13.4. The van der Waals surface area contributed by atoms with E-state index in [1.807, 2.05) is 6.92 Å². The van der Waals surface area contributed by atoms with Crippen LogP contribution < -0.4 is 10.1 Å². The van der Waals surface area contributed by atoms with Gasteiger partial charge in [0.25, 0.3) is 0 Å². The van der Waals surface area contributed by atoms with Gasteiger partial charge in [-0.05, 0) is 86.8 Å². The summed E-state index contributed by atoms with van der Waals surface area (Å²) >= 11 is 0. The van der Waals surface area contributed by atoms with Crippen molar-refractivity contribution in [2.75, 3.05) is 26.3 Å². The van der Waals surface area contributed by atoms with Crippen molar-refractivity contribution in [2.45, 2.75) is 82.1 Å². The smallest absolute Gasteiger partial charge is 0.338 e. The van der Waals surface area contributed by atoms with Gasteiger partial charge in [-0.2, -0.15) is 0 Å². The van der Waals surface area contributed by atoms with Gasteiger partial charge in [0.15, 0.2) is 0 Å². The van der Waals surface area contributed by atoms with Crippen LogP contribution in [-0.4, -0.2) is 73.2 Å². The first-order valence-corrected chi connectivity index (χ1v) is 15.8. The van der Waals surface area contributed by atoms with Gasteiger partial charge in [0.2, 0.25) is 11.8 Å². The second-order valence-corrected chi connectivity index (χ2v) is 12.3. The van der Waals surface area contributed by atoms with Crippen LogP contribution in [0.4, 0.5) is 0 Å². The van der Waals surface area contributed by atoms with Crippen LogP contribution >= 0.6 is 0 Å². The first-order valence-electron chi connectivity index (χ1n) is 15.8. The normalized spacial score (nSPS) is 24.7. The maximum Gasteiger partial charge on any atom is 0.338 e. The van der Waals surface area contributed by atoms with Gasteiger partial charge in [-0.3, -0.25) is 14.4 Å². The summed E-state index contributed by atoms with van der Waals surface area (Å²) in [4.78, 5) is 51.7. The number of likely N-dealkylation sites (tertiary alicyclic amines) is 1. The Morgan fingerprint density at radius 1 is 0.977 bits per heavy atom. The fourth-order valence-electron chi connectivity index (χ4n) is 6.21. The summed E-state index contributed by atoms with van der Waals surface area (Å²) in [5.74, 6) is -0.362. The number of piperidine rings is 1. The molecule has 234 valence electrons. The summed E-state index contributed by atoms with van der Waals surface area (Å²) in [6, 6.07) is 14.8. The van der Waals surface area contributed by atoms with E-state index in [9.17, 15) is 19.2 Å². The molecule has 3 aliphatic heterocycles. The van der Waals surface area contributed by atoms with E-state index in [0.29, 0.717) is 56.2 Å². The Balaban J connectivity index is 1.08. The van der Waals surface area contributed by atoms with Gasteiger partial charge in [0, 0.05) is 13.2 Å². The molecule has 2 aromatic rings. The lowest BCUT2D eigenvalue weighted by Crippen LogP contribution is -2.46. The molecule has 1 saturated carbocycles. The summed E-state index contributed by atoms with van der Waals surface area (Å²) in [5.41, 5.74) is 2.64. The number of ether oxygens (including phenoxy) is 4. The maximum absolute atomic E-state index is 13.0. The third kappa shape index (κ3) is 7.23. The lowest BCUT2D eigenvalue weighted by atomic mass is 10.00. The van der Waals surface area contributed by atoms with E-state index in [2.05, 4.69) is 29.6 Å². The quantitative estimate of drug-likeness (QED) is 0.403. The van der Waals surface area contributed by atoms with Gasteiger partial charge in [0.1, 0.15) is 30.7 Å². The number of rotatable bonds is 10. The number of benzene rings is 2. The standard InChI is InChI=1S/C34H40N2O8/c1-21(35-32(38)29-5-3-17-41-29)31(24-10-8-23(9-11-24)22-6-7-22)43-27-14-12-25(13-15-27)34(40)44-28-4-2-16-36(19-28)33(39)26-18-30(37)42-20-26/h8-15,21-22,26,28-29,31H,2-7,16-20H2,1H3,(H,35,38)/t21?,26-,28+,29+,31?/m1/s1. The van der Waals surface area contributed by atoms with Crippen molar-refractivity contribution in [1.29, 1.82) is 0 Å². The van der Waals surface area contributed by atoms with Gasteiger partial charge in [0.05, 0.1) is 30.5 Å². The zero-order valence-electron chi connectivity index (χ0n) is 25.1. The topological polar surface area (TPSA) is 120 Å². The number of nitrogens with zero attached hydrogens (tertiary/aromatic N) is 1. The SMILES string of the molecule is CC(NC(=O)[C@@H]1CCCO1)C(Oc1ccc(C(=O)O[C@H]2CCCN(C(=O)[C@H]3COC(=O)C3)C2)cc1)c1ccc(C2CC2)cc1. The van der Waals surface area contributed by atoms with Crippen LogP contribution in [-0.2, 0) is 28.6 Å². The average molecular weight is 605 g/mol. The molecule has 10 nitrogen and oxygen atoms in total. The Hall–Kier alpha value is -3.92. The van der Waals surface area contributed by atoms with Crippen molar-refractivity contribution in [3.05, 3.63) is 65.2 Å². The number of hydrogen-bond acceptors (Lipinski definition) is 8. The van der Waals surface area contributed by atoms with Crippen LogP contribution in [0.1, 0.15) is 85.4 Å². The lowest BCUT2D eigenvalue weighted by Gasteiger charge is -2.33. The molecule has 4 aliphatic rings. The molecule has 0 bridgehead atoms. The number of cyclic esters (lactones) is 1. The average Bonchev–Trinajstić information content (AvgIpc) is 3.55. The molecule has 44 heavy (non-hydrogen) atoms. The van der Waals surface area contributed by atoms with Crippen LogP contribution in [0.25, 0.3) is 0 Å². The highest BCUT2D eigenvalue weighted by molar-refractivity contribution is 5.90. The fraction of sp³-hybridized carbons (Fsp3) is 0.529. The van der Waals surface area contributed by atoms with Gasteiger partial charge in [-0.25, -0.2) is 4.79 Å². The predicted octanol–water partition coefficient (Wildman–Crippen LogP) is 4.08. The minimum atomic E-state index is -0.473. The van der Waals surface area contributed by atoms with E-state index in [1.54, 1.807) is 29.2 Å². The van der Waals surface area contributed by atoms with Crippen LogP contribution in [0.3, 0.4) is 0 Å². The Bertz CT molecular complexity index is 1350. The van der Waals surface area contributed by atoms with Crippen molar-refractivity contribution in [3.63, 3.8) is 0 Å². The van der Waals surface area contributed by atoms with E-state index < -0.39 is 30.2 Å².